The zero-order valence-corrected chi connectivity index (χ0v) is 11.0. The van der Waals surface area contributed by atoms with Gasteiger partial charge in [-0.3, -0.25) is 0 Å². The van der Waals surface area contributed by atoms with Crippen LogP contribution in [-0.2, 0) is 11.3 Å². The van der Waals surface area contributed by atoms with Gasteiger partial charge in [-0.15, -0.1) is 0 Å². The number of hydrogen-bond donors (Lipinski definition) is 1. The topological polar surface area (TPSA) is 38.7 Å². The van der Waals surface area contributed by atoms with E-state index in [0.29, 0.717) is 13.2 Å². The number of aliphatic hydroxyl groups excluding tert-OH is 1. The molecular formula is C12H17BrO3. The molecule has 0 aliphatic rings. The minimum absolute atomic E-state index is 0.0137. The SMILES string of the molecule is CCOCCCOc1ccc(Br)cc1CO. The lowest BCUT2D eigenvalue weighted by molar-refractivity contribution is 0.130. The maximum atomic E-state index is 9.16. The highest BCUT2D eigenvalue weighted by Crippen LogP contribution is 2.23. The highest BCUT2D eigenvalue weighted by Gasteiger charge is 2.03. The fourth-order valence-electron chi connectivity index (χ4n) is 1.30. The molecule has 0 fully saturated rings. The Bertz CT molecular complexity index is 315. The second kappa shape index (κ2) is 7.65. The van der Waals surface area contributed by atoms with Gasteiger partial charge in [-0.25, -0.2) is 0 Å². The van der Waals surface area contributed by atoms with Crippen LogP contribution in [0.25, 0.3) is 0 Å². The minimum Gasteiger partial charge on any atom is -0.493 e. The largest absolute Gasteiger partial charge is 0.493 e. The summed E-state index contributed by atoms with van der Waals surface area (Å²) in [6, 6.07) is 5.62. The third-order valence-corrected chi connectivity index (χ3v) is 2.58. The summed E-state index contributed by atoms with van der Waals surface area (Å²) in [5.41, 5.74) is 0.797. The molecule has 0 aliphatic carbocycles. The third-order valence-electron chi connectivity index (χ3n) is 2.09. The molecule has 0 unspecified atom stereocenters. The van der Waals surface area contributed by atoms with Crippen molar-refractivity contribution in [3.8, 4) is 5.75 Å². The Morgan fingerprint density at radius 2 is 2.12 bits per heavy atom. The van der Waals surface area contributed by atoms with Gasteiger partial charge in [0.15, 0.2) is 0 Å². The summed E-state index contributed by atoms with van der Waals surface area (Å²) in [4.78, 5) is 0. The molecule has 3 nitrogen and oxygen atoms in total. The van der Waals surface area contributed by atoms with Gasteiger partial charge in [0.25, 0.3) is 0 Å². The number of aliphatic hydroxyl groups is 1. The Hall–Kier alpha value is -0.580. The summed E-state index contributed by atoms with van der Waals surface area (Å²) < 4.78 is 11.7. The Morgan fingerprint density at radius 3 is 2.81 bits per heavy atom. The van der Waals surface area contributed by atoms with E-state index >= 15 is 0 Å². The first-order valence-corrected chi connectivity index (χ1v) is 6.17. The van der Waals surface area contributed by atoms with Crippen LogP contribution in [-0.4, -0.2) is 24.9 Å². The van der Waals surface area contributed by atoms with E-state index in [-0.39, 0.29) is 6.61 Å². The van der Waals surface area contributed by atoms with E-state index in [1.54, 1.807) is 0 Å². The lowest BCUT2D eigenvalue weighted by Gasteiger charge is -2.10. The molecular weight excluding hydrogens is 272 g/mol. The smallest absolute Gasteiger partial charge is 0.124 e. The molecule has 1 aromatic carbocycles. The van der Waals surface area contributed by atoms with Crippen molar-refractivity contribution >= 4 is 15.9 Å². The third kappa shape index (κ3) is 4.51. The molecule has 1 aromatic rings. The highest BCUT2D eigenvalue weighted by molar-refractivity contribution is 9.10. The molecule has 90 valence electrons. The first kappa shape index (κ1) is 13.5. The lowest BCUT2D eigenvalue weighted by Crippen LogP contribution is -2.04. The molecule has 0 spiro atoms. The quantitative estimate of drug-likeness (QED) is 0.784. The van der Waals surface area contributed by atoms with Crippen molar-refractivity contribution in [3.63, 3.8) is 0 Å². The summed E-state index contributed by atoms with van der Waals surface area (Å²) in [6.45, 7) is 4.01. The van der Waals surface area contributed by atoms with Crippen molar-refractivity contribution in [2.45, 2.75) is 20.0 Å². The predicted octanol–water partition coefficient (Wildman–Crippen LogP) is 2.75. The number of halogens is 1. The van der Waals surface area contributed by atoms with E-state index in [0.717, 1.165) is 28.8 Å². The normalized spacial score (nSPS) is 10.4. The molecule has 1 rings (SSSR count). The highest BCUT2D eigenvalue weighted by atomic mass is 79.9. The van der Waals surface area contributed by atoms with Gasteiger partial charge in [0, 0.05) is 29.7 Å². The van der Waals surface area contributed by atoms with Gasteiger partial charge >= 0.3 is 0 Å². The molecule has 16 heavy (non-hydrogen) atoms. The predicted molar refractivity (Wildman–Crippen MR) is 66.7 cm³/mol. The molecule has 0 heterocycles. The maximum absolute atomic E-state index is 9.16. The average Bonchev–Trinajstić information content (AvgIpc) is 2.30. The molecule has 0 aromatic heterocycles. The molecule has 0 saturated carbocycles. The van der Waals surface area contributed by atoms with Gasteiger partial charge in [-0.2, -0.15) is 0 Å². The summed E-state index contributed by atoms with van der Waals surface area (Å²) in [6.07, 6.45) is 0.856. The van der Waals surface area contributed by atoms with Crippen LogP contribution in [0.1, 0.15) is 18.9 Å². The van der Waals surface area contributed by atoms with Gasteiger partial charge in [-0.05, 0) is 25.1 Å². The first-order valence-electron chi connectivity index (χ1n) is 5.37. The molecule has 1 N–H and O–H groups in total. The van der Waals surface area contributed by atoms with Crippen molar-refractivity contribution in [2.24, 2.45) is 0 Å². The molecule has 4 heteroatoms. The van der Waals surface area contributed by atoms with Gasteiger partial charge in [0.2, 0.25) is 0 Å². The number of rotatable bonds is 7. The summed E-state index contributed by atoms with van der Waals surface area (Å²) in [7, 11) is 0. The molecule has 0 radical (unpaired) electrons. The second-order valence-electron chi connectivity index (χ2n) is 3.31. The van der Waals surface area contributed by atoms with Crippen LogP contribution >= 0.6 is 15.9 Å². The van der Waals surface area contributed by atoms with Crippen molar-refractivity contribution in [1.29, 1.82) is 0 Å². The van der Waals surface area contributed by atoms with Crippen LogP contribution in [0.15, 0.2) is 22.7 Å². The van der Waals surface area contributed by atoms with E-state index in [1.807, 2.05) is 25.1 Å². The Balaban J connectivity index is 2.41. The van der Waals surface area contributed by atoms with Crippen molar-refractivity contribution in [2.75, 3.05) is 19.8 Å². The number of benzene rings is 1. The van der Waals surface area contributed by atoms with Crippen LogP contribution in [0.2, 0.25) is 0 Å². The van der Waals surface area contributed by atoms with E-state index in [1.165, 1.54) is 0 Å². The molecule has 0 saturated heterocycles. The fourth-order valence-corrected chi connectivity index (χ4v) is 1.71. The van der Waals surface area contributed by atoms with Crippen LogP contribution < -0.4 is 4.74 Å². The average molecular weight is 289 g/mol. The standard InChI is InChI=1S/C12H17BrO3/c1-2-15-6-3-7-16-12-5-4-11(13)8-10(12)9-14/h4-5,8,14H,2-3,6-7,9H2,1H3. The molecule has 0 atom stereocenters. The van der Waals surface area contributed by atoms with Crippen molar-refractivity contribution in [1.82, 2.24) is 0 Å². The van der Waals surface area contributed by atoms with Gasteiger partial charge in [-0.1, -0.05) is 15.9 Å². The van der Waals surface area contributed by atoms with E-state index < -0.39 is 0 Å². The van der Waals surface area contributed by atoms with Gasteiger partial charge in [0.05, 0.1) is 13.2 Å². The monoisotopic (exact) mass is 288 g/mol. The summed E-state index contributed by atoms with van der Waals surface area (Å²) in [5, 5.41) is 9.16. The summed E-state index contributed by atoms with van der Waals surface area (Å²) in [5.74, 6) is 0.738. The van der Waals surface area contributed by atoms with E-state index in [2.05, 4.69) is 15.9 Å². The van der Waals surface area contributed by atoms with Crippen molar-refractivity contribution in [3.05, 3.63) is 28.2 Å². The van der Waals surface area contributed by atoms with Crippen LogP contribution in [0.4, 0.5) is 0 Å². The Labute approximate surface area is 105 Å². The zero-order valence-electron chi connectivity index (χ0n) is 9.41. The van der Waals surface area contributed by atoms with E-state index in [4.69, 9.17) is 14.6 Å². The fraction of sp³-hybridized carbons (Fsp3) is 0.500. The minimum atomic E-state index is -0.0137. The molecule has 0 bridgehead atoms. The van der Waals surface area contributed by atoms with Crippen molar-refractivity contribution < 1.29 is 14.6 Å². The Kier molecular flexibility index (Phi) is 6.45. The Morgan fingerprint density at radius 1 is 1.31 bits per heavy atom. The van der Waals surface area contributed by atoms with E-state index in [9.17, 15) is 0 Å². The van der Waals surface area contributed by atoms with Crippen LogP contribution in [0.5, 0.6) is 5.75 Å². The molecule has 0 amide bonds. The lowest BCUT2D eigenvalue weighted by atomic mass is 10.2. The van der Waals surface area contributed by atoms with Gasteiger partial charge < -0.3 is 14.6 Å². The van der Waals surface area contributed by atoms with Crippen LogP contribution in [0.3, 0.4) is 0 Å². The summed E-state index contributed by atoms with van der Waals surface area (Å²) >= 11 is 3.35. The second-order valence-corrected chi connectivity index (χ2v) is 4.22. The number of ether oxygens (including phenoxy) is 2. The van der Waals surface area contributed by atoms with Crippen LogP contribution in [0, 0.1) is 0 Å². The molecule has 0 aliphatic heterocycles. The zero-order chi connectivity index (χ0) is 11.8. The van der Waals surface area contributed by atoms with Gasteiger partial charge in [0.1, 0.15) is 5.75 Å². The first-order chi connectivity index (χ1) is 7.77. The maximum Gasteiger partial charge on any atom is 0.124 e. The number of hydrogen-bond acceptors (Lipinski definition) is 3.